The first-order chi connectivity index (χ1) is 15.9. The highest BCUT2D eigenvalue weighted by Crippen LogP contribution is 2.34. The van der Waals surface area contributed by atoms with E-state index in [2.05, 4.69) is 17.8 Å². The molecule has 2 rings (SSSR count). The predicted octanol–water partition coefficient (Wildman–Crippen LogP) is 4.04. The maximum absolute atomic E-state index is 12.6. The number of ether oxygens (including phenoxy) is 3. The van der Waals surface area contributed by atoms with Crippen molar-refractivity contribution in [2.24, 2.45) is 0 Å². The van der Waals surface area contributed by atoms with Gasteiger partial charge in [-0.2, -0.15) is 0 Å². The molecule has 0 radical (unpaired) electrons. The van der Waals surface area contributed by atoms with Crippen molar-refractivity contribution >= 4 is 17.5 Å². The molecule has 0 spiro atoms. The molecule has 33 heavy (non-hydrogen) atoms. The Morgan fingerprint density at radius 2 is 1.64 bits per heavy atom. The Kier molecular flexibility index (Phi) is 9.94. The van der Waals surface area contributed by atoms with Crippen molar-refractivity contribution in [3.05, 3.63) is 57.6 Å². The van der Waals surface area contributed by atoms with Gasteiger partial charge in [-0.3, -0.25) is 30.6 Å². The number of methoxy groups -OCH3 is 1. The van der Waals surface area contributed by atoms with Crippen molar-refractivity contribution in [2.45, 2.75) is 39.5 Å². The smallest absolute Gasteiger partial charge is 0.286 e. The van der Waals surface area contributed by atoms with Crippen LogP contribution in [0.2, 0.25) is 0 Å². The lowest BCUT2D eigenvalue weighted by molar-refractivity contribution is -0.385. The van der Waals surface area contributed by atoms with Crippen LogP contribution in [0.4, 0.5) is 5.69 Å². The van der Waals surface area contributed by atoms with Gasteiger partial charge in [0.25, 0.3) is 17.5 Å². The largest absolute Gasteiger partial charge is 0.494 e. The van der Waals surface area contributed by atoms with E-state index < -0.39 is 22.4 Å². The highest BCUT2D eigenvalue weighted by Gasteiger charge is 2.25. The molecule has 0 saturated carbocycles. The number of nitro groups is 1. The molecule has 0 saturated heterocycles. The second-order valence-corrected chi connectivity index (χ2v) is 7.05. The van der Waals surface area contributed by atoms with Crippen molar-refractivity contribution in [1.82, 2.24) is 10.9 Å². The number of nitro benzene ring substituents is 1. The molecule has 0 heterocycles. The standard InChI is InChI=1S/C23H29N3O7/c1-4-6-7-8-13-33-17-11-9-16(10-12-17)22(27)24-25-23(28)18-14-21(32-5-2)20(31-3)15-19(18)26(29)30/h9-12,14-15H,4-8,13H2,1-3H3,(H,24,27)(H,25,28). The van der Waals surface area contributed by atoms with Crippen molar-refractivity contribution in [2.75, 3.05) is 20.3 Å². The molecule has 0 unspecified atom stereocenters. The maximum atomic E-state index is 12.6. The van der Waals surface area contributed by atoms with Gasteiger partial charge in [0.1, 0.15) is 11.3 Å². The van der Waals surface area contributed by atoms with E-state index in [1.165, 1.54) is 19.6 Å². The van der Waals surface area contributed by atoms with Crippen molar-refractivity contribution in [1.29, 1.82) is 0 Å². The number of benzene rings is 2. The fourth-order valence-corrected chi connectivity index (χ4v) is 2.98. The van der Waals surface area contributed by atoms with Gasteiger partial charge in [-0.15, -0.1) is 0 Å². The van der Waals surface area contributed by atoms with E-state index in [9.17, 15) is 19.7 Å². The number of nitrogens with one attached hydrogen (secondary N) is 2. The Morgan fingerprint density at radius 1 is 0.939 bits per heavy atom. The Hall–Kier alpha value is -3.82. The van der Waals surface area contributed by atoms with E-state index in [0.717, 1.165) is 25.3 Å². The first kappa shape index (κ1) is 25.4. The zero-order valence-corrected chi connectivity index (χ0v) is 19.0. The summed E-state index contributed by atoms with van der Waals surface area (Å²) < 4.78 is 16.1. The molecule has 0 aliphatic rings. The molecule has 0 bridgehead atoms. The molecular formula is C23H29N3O7. The Balaban J connectivity index is 2.01. The number of amides is 2. The summed E-state index contributed by atoms with van der Waals surface area (Å²) in [5.74, 6) is -0.515. The summed E-state index contributed by atoms with van der Waals surface area (Å²) in [4.78, 5) is 35.6. The van der Waals surface area contributed by atoms with Crippen LogP contribution in [-0.2, 0) is 0 Å². The third-order valence-electron chi connectivity index (χ3n) is 4.70. The second-order valence-electron chi connectivity index (χ2n) is 7.05. The first-order valence-electron chi connectivity index (χ1n) is 10.7. The lowest BCUT2D eigenvalue weighted by Crippen LogP contribution is -2.41. The molecule has 0 aromatic heterocycles. The molecule has 0 aliphatic heterocycles. The fourth-order valence-electron chi connectivity index (χ4n) is 2.98. The number of hydrogen-bond acceptors (Lipinski definition) is 7. The van der Waals surface area contributed by atoms with Gasteiger partial charge in [0.05, 0.1) is 31.3 Å². The molecule has 10 heteroatoms. The van der Waals surface area contributed by atoms with Crippen LogP contribution >= 0.6 is 0 Å². The summed E-state index contributed by atoms with van der Waals surface area (Å²) in [7, 11) is 1.34. The quantitative estimate of drug-likeness (QED) is 0.278. The van der Waals surface area contributed by atoms with Gasteiger partial charge in [0.2, 0.25) is 0 Å². The number of unbranched alkanes of at least 4 members (excludes halogenated alkanes) is 3. The minimum Gasteiger partial charge on any atom is -0.494 e. The lowest BCUT2D eigenvalue weighted by atomic mass is 10.1. The maximum Gasteiger partial charge on any atom is 0.286 e. The van der Waals surface area contributed by atoms with Gasteiger partial charge in [-0.25, -0.2) is 0 Å². The molecule has 10 nitrogen and oxygen atoms in total. The van der Waals surface area contributed by atoms with Gasteiger partial charge >= 0.3 is 0 Å². The monoisotopic (exact) mass is 459 g/mol. The summed E-state index contributed by atoms with van der Waals surface area (Å²) in [6.45, 7) is 4.74. The molecule has 178 valence electrons. The van der Waals surface area contributed by atoms with Crippen LogP contribution in [0.3, 0.4) is 0 Å². The minimum absolute atomic E-state index is 0.122. The van der Waals surface area contributed by atoms with Gasteiger partial charge in [-0.05, 0) is 37.6 Å². The molecular weight excluding hydrogens is 430 g/mol. The van der Waals surface area contributed by atoms with E-state index in [4.69, 9.17) is 14.2 Å². The highest BCUT2D eigenvalue weighted by molar-refractivity contribution is 6.01. The van der Waals surface area contributed by atoms with E-state index in [1.807, 2.05) is 0 Å². The van der Waals surface area contributed by atoms with Gasteiger partial charge < -0.3 is 14.2 Å². The van der Waals surface area contributed by atoms with E-state index in [0.29, 0.717) is 12.4 Å². The SMILES string of the molecule is CCCCCCOc1ccc(C(=O)NNC(=O)c2cc(OCC)c(OC)cc2[N+](=O)[O-])cc1. The Bertz CT molecular complexity index is 961. The summed E-state index contributed by atoms with van der Waals surface area (Å²) in [6.07, 6.45) is 4.39. The second kappa shape index (κ2) is 12.9. The van der Waals surface area contributed by atoms with Crippen molar-refractivity contribution in [3.8, 4) is 17.2 Å². The average Bonchev–Trinajstić information content (AvgIpc) is 2.82. The summed E-state index contributed by atoms with van der Waals surface area (Å²) in [6, 6.07) is 8.76. The third kappa shape index (κ3) is 7.37. The highest BCUT2D eigenvalue weighted by atomic mass is 16.6. The average molecular weight is 459 g/mol. The van der Waals surface area contributed by atoms with Crippen LogP contribution in [0.15, 0.2) is 36.4 Å². The zero-order valence-electron chi connectivity index (χ0n) is 19.0. The molecule has 0 fully saturated rings. The fraction of sp³-hybridized carbons (Fsp3) is 0.391. The van der Waals surface area contributed by atoms with E-state index >= 15 is 0 Å². The predicted molar refractivity (Wildman–Crippen MR) is 122 cm³/mol. The van der Waals surface area contributed by atoms with Crippen LogP contribution in [0.25, 0.3) is 0 Å². The summed E-state index contributed by atoms with van der Waals surface area (Å²) >= 11 is 0. The van der Waals surface area contributed by atoms with Crippen LogP contribution < -0.4 is 25.1 Å². The minimum atomic E-state index is -0.870. The third-order valence-corrected chi connectivity index (χ3v) is 4.70. The topological polar surface area (TPSA) is 129 Å². The van der Waals surface area contributed by atoms with Crippen molar-refractivity contribution in [3.63, 3.8) is 0 Å². The molecule has 0 aliphatic carbocycles. The lowest BCUT2D eigenvalue weighted by Gasteiger charge is -2.12. The van der Waals surface area contributed by atoms with Crippen LogP contribution in [0.5, 0.6) is 17.2 Å². The van der Waals surface area contributed by atoms with Crippen LogP contribution in [-0.4, -0.2) is 37.1 Å². The van der Waals surface area contributed by atoms with E-state index in [1.54, 1.807) is 31.2 Å². The molecule has 2 N–H and O–H groups in total. The molecule has 2 aromatic carbocycles. The van der Waals surface area contributed by atoms with Gasteiger partial charge in [-0.1, -0.05) is 26.2 Å². The summed E-state index contributed by atoms with van der Waals surface area (Å²) in [5, 5.41) is 11.4. The molecule has 0 atom stereocenters. The Labute approximate surface area is 192 Å². The van der Waals surface area contributed by atoms with Crippen molar-refractivity contribution < 1.29 is 28.7 Å². The summed E-state index contributed by atoms with van der Waals surface area (Å²) in [5.41, 5.74) is 3.97. The zero-order chi connectivity index (χ0) is 24.2. The normalized spacial score (nSPS) is 10.3. The number of rotatable bonds is 12. The number of nitrogens with zero attached hydrogens (tertiary/aromatic N) is 1. The van der Waals surface area contributed by atoms with E-state index in [-0.39, 0.29) is 29.2 Å². The first-order valence-corrected chi connectivity index (χ1v) is 10.7. The van der Waals surface area contributed by atoms with Gasteiger partial charge in [0.15, 0.2) is 11.5 Å². The molecule has 2 amide bonds. The van der Waals surface area contributed by atoms with Gasteiger partial charge in [0, 0.05) is 11.6 Å². The number of carbonyl (C=O) groups is 2. The number of carbonyl (C=O) groups excluding carboxylic acids is 2. The van der Waals surface area contributed by atoms with Crippen LogP contribution in [0, 0.1) is 10.1 Å². The molecule has 2 aromatic rings. The Morgan fingerprint density at radius 3 is 2.24 bits per heavy atom. The van der Waals surface area contributed by atoms with Crippen LogP contribution in [0.1, 0.15) is 60.2 Å². The number of hydrogen-bond donors (Lipinski definition) is 2. The number of hydrazine groups is 1.